The number of nitrogens with two attached hydrogens (primary N) is 1. The Bertz CT molecular complexity index is 504. The Labute approximate surface area is 128 Å². The van der Waals surface area contributed by atoms with Gasteiger partial charge in [-0.1, -0.05) is 26.8 Å². The van der Waals surface area contributed by atoms with Gasteiger partial charge < -0.3 is 15.8 Å². The Balaban J connectivity index is 2.92. The molecule has 1 rings (SSSR count). The van der Waals surface area contributed by atoms with Gasteiger partial charge in [-0.25, -0.2) is 0 Å². The highest BCUT2D eigenvalue weighted by atomic mass is 16.5. The lowest BCUT2D eigenvalue weighted by molar-refractivity contribution is -0.120. The first kappa shape index (κ1) is 17.5. The van der Waals surface area contributed by atoms with E-state index in [-0.39, 0.29) is 17.2 Å². The van der Waals surface area contributed by atoms with Gasteiger partial charge in [0.05, 0.1) is 13.0 Å². The van der Waals surface area contributed by atoms with E-state index in [1.165, 1.54) is 0 Å². The maximum atomic E-state index is 12.4. The fourth-order valence-corrected chi connectivity index (χ4v) is 2.53. The van der Waals surface area contributed by atoms with E-state index in [9.17, 15) is 4.79 Å². The number of nitrogens with one attached hydrogen (secondary N) is 1. The highest BCUT2D eigenvalue weighted by molar-refractivity contribution is 5.93. The van der Waals surface area contributed by atoms with Crippen LogP contribution in [0.4, 0.5) is 5.69 Å². The minimum Gasteiger partial charge on any atom is -0.496 e. The second kappa shape index (κ2) is 6.94. The largest absolute Gasteiger partial charge is 0.496 e. The number of rotatable bonds is 5. The highest BCUT2D eigenvalue weighted by Crippen LogP contribution is 2.30. The first-order chi connectivity index (χ1) is 9.69. The van der Waals surface area contributed by atoms with Crippen LogP contribution in [0.2, 0.25) is 0 Å². The molecule has 0 aromatic heterocycles. The predicted octanol–water partition coefficient (Wildman–Crippen LogP) is 3.26. The third-order valence-corrected chi connectivity index (χ3v) is 3.58. The van der Waals surface area contributed by atoms with E-state index in [1.807, 2.05) is 26.0 Å². The van der Waals surface area contributed by atoms with Gasteiger partial charge in [0.1, 0.15) is 5.75 Å². The van der Waals surface area contributed by atoms with Gasteiger partial charge in [0, 0.05) is 17.8 Å². The van der Waals surface area contributed by atoms with Crippen LogP contribution in [0.3, 0.4) is 0 Å². The molecule has 1 atom stereocenters. The van der Waals surface area contributed by atoms with Crippen molar-refractivity contribution in [3.63, 3.8) is 0 Å². The van der Waals surface area contributed by atoms with Crippen molar-refractivity contribution in [1.29, 1.82) is 0 Å². The summed E-state index contributed by atoms with van der Waals surface area (Å²) < 4.78 is 5.39. The lowest BCUT2D eigenvalue weighted by atomic mass is 9.84. The summed E-state index contributed by atoms with van der Waals surface area (Å²) in [6, 6.07) is 3.86. The molecule has 3 N–H and O–H groups in total. The van der Waals surface area contributed by atoms with Crippen LogP contribution in [0.25, 0.3) is 0 Å². The van der Waals surface area contributed by atoms with Gasteiger partial charge in [0.25, 0.3) is 0 Å². The van der Waals surface area contributed by atoms with Gasteiger partial charge in [-0.2, -0.15) is 0 Å². The van der Waals surface area contributed by atoms with Crippen molar-refractivity contribution in [3.8, 4) is 5.75 Å². The van der Waals surface area contributed by atoms with Crippen molar-refractivity contribution in [2.24, 2.45) is 17.1 Å². The molecule has 4 nitrogen and oxygen atoms in total. The lowest BCUT2D eigenvalue weighted by Crippen LogP contribution is -2.32. The van der Waals surface area contributed by atoms with Crippen molar-refractivity contribution in [2.75, 3.05) is 19.0 Å². The topological polar surface area (TPSA) is 64.3 Å². The number of carbonyl (C=O) groups excluding carboxylic acids is 1. The molecule has 0 radical (unpaired) electrons. The van der Waals surface area contributed by atoms with E-state index < -0.39 is 0 Å². The molecule has 4 heteroatoms. The van der Waals surface area contributed by atoms with E-state index in [2.05, 4.69) is 26.1 Å². The minimum absolute atomic E-state index is 0.0265. The number of hydrogen-bond donors (Lipinski definition) is 2. The molecule has 0 spiro atoms. The van der Waals surface area contributed by atoms with Crippen molar-refractivity contribution in [3.05, 3.63) is 23.3 Å². The lowest BCUT2D eigenvalue weighted by Gasteiger charge is -2.25. The number of amides is 1. The third kappa shape index (κ3) is 4.74. The SMILES string of the molecule is COc1c(C)ccc(NC(=O)C(CN)CC(C)(C)C)c1C. The van der Waals surface area contributed by atoms with Crippen molar-refractivity contribution in [1.82, 2.24) is 0 Å². The maximum Gasteiger partial charge on any atom is 0.228 e. The molecule has 0 aliphatic heterocycles. The summed E-state index contributed by atoms with van der Waals surface area (Å²) in [6.45, 7) is 10.6. The van der Waals surface area contributed by atoms with Gasteiger partial charge in [-0.05, 0) is 37.3 Å². The Morgan fingerprint density at radius 3 is 2.43 bits per heavy atom. The monoisotopic (exact) mass is 292 g/mol. The maximum absolute atomic E-state index is 12.4. The number of benzene rings is 1. The summed E-state index contributed by atoms with van der Waals surface area (Å²) >= 11 is 0. The molecule has 0 saturated heterocycles. The fraction of sp³-hybridized carbons (Fsp3) is 0.588. The number of methoxy groups -OCH3 is 1. The zero-order chi connectivity index (χ0) is 16.2. The summed E-state index contributed by atoms with van der Waals surface area (Å²) in [4.78, 5) is 12.4. The summed E-state index contributed by atoms with van der Waals surface area (Å²) in [5.74, 6) is 0.603. The molecular weight excluding hydrogens is 264 g/mol. The van der Waals surface area contributed by atoms with Crippen LogP contribution in [0.5, 0.6) is 5.75 Å². The number of carbonyl (C=O) groups is 1. The minimum atomic E-state index is -0.184. The summed E-state index contributed by atoms with van der Waals surface area (Å²) in [5, 5.41) is 2.99. The van der Waals surface area contributed by atoms with Crippen LogP contribution in [-0.2, 0) is 4.79 Å². The molecule has 0 saturated carbocycles. The first-order valence-corrected chi connectivity index (χ1v) is 7.34. The molecule has 118 valence electrons. The predicted molar refractivity (Wildman–Crippen MR) is 87.7 cm³/mol. The van der Waals surface area contributed by atoms with Crippen molar-refractivity contribution in [2.45, 2.75) is 41.0 Å². The van der Waals surface area contributed by atoms with Crippen molar-refractivity contribution < 1.29 is 9.53 Å². The summed E-state index contributed by atoms with van der Waals surface area (Å²) in [5.41, 5.74) is 8.62. The first-order valence-electron chi connectivity index (χ1n) is 7.34. The fourth-order valence-electron chi connectivity index (χ4n) is 2.53. The molecule has 0 aliphatic rings. The Morgan fingerprint density at radius 2 is 1.95 bits per heavy atom. The molecule has 0 bridgehead atoms. The van der Waals surface area contributed by atoms with Crippen LogP contribution >= 0.6 is 0 Å². The van der Waals surface area contributed by atoms with Gasteiger partial charge >= 0.3 is 0 Å². The standard InChI is InChI=1S/C17H28N2O2/c1-11-7-8-14(12(2)15(11)21-6)19-16(20)13(10-18)9-17(3,4)5/h7-8,13H,9-10,18H2,1-6H3,(H,19,20). The van der Waals surface area contributed by atoms with Gasteiger partial charge in [0.2, 0.25) is 5.91 Å². The number of aryl methyl sites for hydroxylation is 1. The molecular formula is C17H28N2O2. The normalized spacial score (nSPS) is 12.9. The Kier molecular flexibility index (Phi) is 5.78. The van der Waals surface area contributed by atoms with Gasteiger partial charge in [0.15, 0.2) is 0 Å². The van der Waals surface area contributed by atoms with E-state index in [4.69, 9.17) is 10.5 Å². The second-order valence-corrected chi connectivity index (χ2v) is 6.77. The average molecular weight is 292 g/mol. The van der Waals surface area contributed by atoms with Crippen LogP contribution in [0.1, 0.15) is 38.3 Å². The molecule has 1 amide bonds. The molecule has 1 aromatic carbocycles. The van der Waals surface area contributed by atoms with Crippen molar-refractivity contribution >= 4 is 11.6 Å². The van der Waals surface area contributed by atoms with Gasteiger partial charge in [-0.3, -0.25) is 4.79 Å². The van der Waals surface area contributed by atoms with E-state index in [0.29, 0.717) is 6.54 Å². The van der Waals surface area contributed by atoms with Crippen LogP contribution in [0, 0.1) is 25.2 Å². The second-order valence-electron chi connectivity index (χ2n) is 6.77. The number of ether oxygens (including phenoxy) is 1. The number of anilines is 1. The third-order valence-electron chi connectivity index (χ3n) is 3.58. The van der Waals surface area contributed by atoms with E-state index >= 15 is 0 Å². The Hall–Kier alpha value is -1.55. The van der Waals surface area contributed by atoms with E-state index in [0.717, 1.165) is 29.0 Å². The van der Waals surface area contributed by atoms with Crippen LogP contribution in [0.15, 0.2) is 12.1 Å². The molecule has 1 aromatic rings. The molecule has 21 heavy (non-hydrogen) atoms. The highest BCUT2D eigenvalue weighted by Gasteiger charge is 2.24. The van der Waals surface area contributed by atoms with Crippen LogP contribution < -0.4 is 15.8 Å². The average Bonchev–Trinajstić information content (AvgIpc) is 2.38. The number of hydrogen-bond acceptors (Lipinski definition) is 3. The Morgan fingerprint density at radius 1 is 1.33 bits per heavy atom. The summed E-state index contributed by atoms with van der Waals surface area (Å²) in [6.07, 6.45) is 0.761. The molecule has 0 heterocycles. The molecule has 1 unspecified atom stereocenters. The molecule has 0 aliphatic carbocycles. The zero-order valence-corrected chi connectivity index (χ0v) is 14.0. The zero-order valence-electron chi connectivity index (χ0n) is 14.0. The molecule has 0 fully saturated rings. The van der Waals surface area contributed by atoms with Crippen LogP contribution in [-0.4, -0.2) is 19.6 Å². The smallest absolute Gasteiger partial charge is 0.228 e. The van der Waals surface area contributed by atoms with Gasteiger partial charge in [-0.15, -0.1) is 0 Å². The summed E-state index contributed by atoms with van der Waals surface area (Å²) in [7, 11) is 1.64. The van der Waals surface area contributed by atoms with E-state index in [1.54, 1.807) is 7.11 Å². The quantitative estimate of drug-likeness (QED) is 0.875.